The number of rotatable bonds is 8. The Balaban J connectivity index is 2.46. The van der Waals surface area contributed by atoms with E-state index in [1.165, 1.54) is 0 Å². The molecule has 5 nitrogen and oxygen atoms in total. The number of nitrogens with zero attached hydrogens (tertiary/aromatic N) is 3. The van der Waals surface area contributed by atoms with E-state index in [0.29, 0.717) is 6.54 Å². The number of aliphatic hydroxyl groups excluding tert-OH is 1. The van der Waals surface area contributed by atoms with Crippen LogP contribution in [0.3, 0.4) is 0 Å². The first-order valence-corrected chi connectivity index (χ1v) is 6.39. The van der Waals surface area contributed by atoms with E-state index < -0.39 is 0 Å². The number of aliphatic hydroxyl groups is 1. The van der Waals surface area contributed by atoms with Gasteiger partial charge in [0.25, 0.3) is 0 Å². The zero-order valence-corrected chi connectivity index (χ0v) is 11.1. The molecule has 0 saturated carbocycles. The van der Waals surface area contributed by atoms with Crippen molar-refractivity contribution in [2.75, 3.05) is 13.2 Å². The van der Waals surface area contributed by atoms with Gasteiger partial charge in [-0.15, -0.1) is 0 Å². The second-order valence-electron chi connectivity index (χ2n) is 4.46. The highest BCUT2D eigenvalue weighted by Gasteiger charge is 2.24. The molecule has 0 aliphatic heterocycles. The van der Waals surface area contributed by atoms with Gasteiger partial charge in [0, 0.05) is 25.1 Å². The van der Waals surface area contributed by atoms with Crippen LogP contribution in [-0.2, 0) is 13.1 Å². The van der Waals surface area contributed by atoms with Gasteiger partial charge in [0.2, 0.25) is 0 Å². The molecule has 0 aliphatic rings. The molecule has 0 aromatic carbocycles. The predicted molar refractivity (Wildman–Crippen MR) is 67.5 cm³/mol. The van der Waals surface area contributed by atoms with E-state index in [1.54, 1.807) is 6.33 Å². The lowest BCUT2D eigenvalue weighted by Crippen LogP contribution is -2.36. The van der Waals surface area contributed by atoms with Crippen LogP contribution in [-0.4, -0.2) is 33.0 Å². The summed E-state index contributed by atoms with van der Waals surface area (Å²) in [7, 11) is 0. The summed E-state index contributed by atoms with van der Waals surface area (Å²) in [4.78, 5) is 4.21. The first-order valence-electron chi connectivity index (χ1n) is 6.39. The average molecular weight is 240 g/mol. The quantitative estimate of drug-likeness (QED) is 0.716. The Morgan fingerprint density at radius 2 is 2.06 bits per heavy atom. The topological polar surface area (TPSA) is 63.0 Å². The van der Waals surface area contributed by atoms with E-state index in [0.717, 1.165) is 31.8 Å². The molecular weight excluding hydrogens is 216 g/mol. The standard InChI is InChI=1S/C12H24N4O/c1-4-12(5-2,9-17)8-13-7-11-14-10-15-16(11)6-3/h10,13,17H,4-9H2,1-3H3. The van der Waals surface area contributed by atoms with Crippen molar-refractivity contribution >= 4 is 0 Å². The van der Waals surface area contributed by atoms with Gasteiger partial charge in [0.05, 0.1) is 6.54 Å². The number of hydrogen-bond donors (Lipinski definition) is 2. The first kappa shape index (κ1) is 14.1. The zero-order chi connectivity index (χ0) is 12.7. The third kappa shape index (κ3) is 3.51. The van der Waals surface area contributed by atoms with Crippen molar-refractivity contribution in [2.24, 2.45) is 5.41 Å². The second-order valence-corrected chi connectivity index (χ2v) is 4.46. The summed E-state index contributed by atoms with van der Waals surface area (Å²) in [5.74, 6) is 0.951. The molecule has 0 radical (unpaired) electrons. The molecule has 2 N–H and O–H groups in total. The molecule has 0 atom stereocenters. The number of aryl methyl sites for hydroxylation is 1. The van der Waals surface area contributed by atoms with Gasteiger partial charge in [0.15, 0.2) is 0 Å². The molecule has 17 heavy (non-hydrogen) atoms. The van der Waals surface area contributed by atoms with Crippen LogP contribution in [0.4, 0.5) is 0 Å². The lowest BCUT2D eigenvalue weighted by Gasteiger charge is -2.29. The maximum atomic E-state index is 9.46. The Kier molecular flexibility index (Phi) is 5.58. The molecule has 0 saturated heterocycles. The van der Waals surface area contributed by atoms with Crippen molar-refractivity contribution in [1.82, 2.24) is 20.1 Å². The second kappa shape index (κ2) is 6.71. The Morgan fingerprint density at radius 3 is 2.59 bits per heavy atom. The highest BCUT2D eigenvalue weighted by molar-refractivity contribution is 4.85. The average Bonchev–Trinajstić information content (AvgIpc) is 2.83. The lowest BCUT2D eigenvalue weighted by molar-refractivity contribution is 0.112. The molecule has 5 heteroatoms. The Morgan fingerprint density at radius 1 is 1.35 bits per heavy atom. The van der Waals surface area contributed by atoms with Crippen LogP contribution >= 0.6 is 0 Å². The summed E-state index contributed by atoms with van der Waals surface area (Å²) in [5.41, 5.74) is -0.00291. The molecule has 1 rings (SSSR count). The minimum atomic E-state index is -0.00291. The summed E-state index contributed by atoms with van der Waals surface area (Å²) < 4.78 is 1.88. The number of aromatic nitrogens is 3. The Hall–Kier alpha value is -0.940. The van der Waals surface area contributed by atoms with Crippen LogP contribution in [0.2, 0.25) is 0 Å². The normalized spacial score (nSPS) is 12.0. The molecule has 1 aromatic rings. The fourth-order valence-electron chi connectivity index (χ4n) is 1.91. The molecule has 98 valence electrons. The lowest BCUT2D eigenvalue weighted by atomic mass is 9.83. The number of nitrogens with one attached hydrogen (secondary N) is 1. The van der Waals surface area contributed by atoms with Crippen LogP contribution in [0.1, 0.15) is 39.4 Å². The summed E-state index contributed by atoms with van der Waals surface area (Å²) in [6, 6.07) is 0. The molecule has 1 heterocycles. The van der Waals surface area contributed by atoms with Gasteiger partial charge in [-0.05, 0) is 19.8 Å². The van der Waals surface area contributed by atoms with Gasteiger partial charge in [0.1, 0.15) is 12.2 Å². The maximum absolute atomic E-state index is 9.46. The molecule has 0 fully saturated rings. The van der Waals surface area contributed by atoms with Gasteiger partial charge < -0.3 is 10.4 Å². The van der Waals surface area contributed by atoms with E-state index in [2.05, 4.69) is 29.2 Å². The molecular formula is C12H24N4O. The first-order chi connectivity index (χ1) is 8.21. The van der Waals surface area contributed by atoms with E-state index in [9.17, 15) is 5.11 Å². The van der Waals surface area contributed by atoms with Gasteiger partial charge in [-0.3, -0.25) is 0 Å². The fourth-order valence-corrected chi connectivity index (χ4v) is 1.91. The van der Waals surface area contributed by atoms with Crippen molar-refractivity contribution < 1.29 is 5.11 Å². The minimum Gasteiger partial charge on any atom is -0.396 e. The van der Waals surface area contributed by atoms with Gasteiger partial charge in [-0.2, -0.15) is 5.10 Å². The van der Waals surface area contributed by atoms with Crippen LogP contribution in [0.5, 0.6) is 0 Å². The van der Waals surface area contributed by atoms with E-state index in [1.807, 2.05) is 11.6 Å². The van der Waals surface area contributed by atoms with Crippen molar-refractivity contribution in [3.05, 3.63) is 12.2 Å². The molecule has 0 aliphatic carbocycles. The van der Waals surface area contributed by atoms with Crippen LogP contribution in [0.25, 0.3) is 0 Å². The van der Waals surface area contributed by atoms with Crippen LogP contribution in [0.15, 0.2) is 6.33 Å². The van der Waals surface area contributed by atoms with Crippen LogP contribution in [0, 0.1) is 5.41 Å². The van der Waals surface area contributed by atoms with Gasteiger partial charge in [-0.25, -0.2) is 9.67 Å². The Labute approximate surface area is 103 Å². The third-order valence-corrected chi connectivity index (χ3v) is 3.61. The molecule has 0 bridgehead atoms. The molecule has 0 amide bonds. The predicted octanol–water partition coefficient (Wildman–Crippen LogP) is 1.19. The zero-order valence-electron chi connectivity index (χ0n) is 11.1. The fraction of sp³-hybridized carbons (Fsp3) is 0.833. The summed E-state index contributed by atoms with van der Waals surface area (Å²) in [5, 5.41) is 17.0. The minimum absolute atomic E-state index is 0.00291. The van der Waals surface area contributed by atoms with Crippen molar-refractivity contribution in [1.29, 1.82) is 0 Å². The monoisotopic (exact) mass is 240 g/mol. The summed E-state index contributed by atoms with van der Waals surface area (Å²) in [6.45, 7) is 8.88. The highest BCUT2D eigenvalue weighted by atomic mass is 16.3. The Bertz CT molecular complexity index is 312. The molecule has 1 aromatic heterocycles. The van der Waals surface area contributed by atoms with E-state index in [4.69, 9.17) is 0 Å². The summed E-state index contributed by atoms with van der Waals surface area (Å²) >= 11 is 0. The van der Waals surface area contributed by atoms with E-state index >= 15 is 0 Å². The van der Waals surface area contributed by atoms with Crippen LogP contribution < -0.4 is 5.32 Å². The van der Waals surface area contributed by atoms with Crippen molar-refractivity contribution in [2.45, 2.75) is 46.7 Å². The largest absolute Gasteiger partial charge is 0.396 e. The van der Waals surface area contributed by atoms with Gasteiger partial charge in [-0.1, -0.05) is 13.8 Å². The van der Waals surface area contributed by atoms with Crippen molar-refractivity contribution in [3.63, 3.8) is 0 Å². The number of hydrogen-bond acceptors (Lipinski definition) is 4. The van der Waals surface area contributed by atoms with E-state index in [-0.39, 0.29) is 12.0 Å². The van der Waals surface area contributed by atoms with Gasteiger partial charge >= 0.3 is 0 Å². The maximum Gasteiger partial charge on any atom is 0.140 e. The smallest absolute Gasteiger partial charge is 0.140 e. The molecule has 0 spiro atoms. The molecule has 0 unspecified atom stereocenters. The highest BCUT2D eigenvalue weighted by Crippen LogP contribution is 2.24. The summed E-state index contributed by atoms with van der Waals surface area (Å²) in [6.07, 6.45) is 3.54. The van der Waals surface area contributed by atoms with Crippen molar-refractivity contribution in [3.8, 4) is 0 Å². The third-order valence-electron chi connectivity index (χ3n) is 3.61. The SMILES string of the molecule is CCn1ncnc1CNCC(CC)(CC)CO.